The fourth-order valence-corrected chi connectivity index (χ4v) is 2.76. The Balaban J connectivity index is 1.76. The van der Waals surface area contributed by atoms with Gasteiger partial charge in [-0.3, -0.25) is 0 Å². The van der Waals surface area contributed by atoms with Crippen LogP contribution in [0.3, 0.4) is 0 Å². The van der Waals surface area contributed by atoms with Crippen LogP contribution < -0.4 is 4.90 Å². The second-order valence-corrected chi connectivity index (χ2v) is 6.35. The van der Waals surface area contributed by atoms with Crippen molar-refractivity contribution in [3.05, 3.63) is 53.5 Å². The number of nitrogens with zero attached hydrogens (tertiary/aromatic N) is 3. The van der Waals surface area contributed by atoms with Crippen molar-refractivity contribution < 1.29 is 17.9 Å². The molecule has 1 aromatic heterocycles. The van der Waals surface area contributed by atoms with Gasteiger partial charge in [-0.25, -0.2) is 9.97 Å². The normalized spacial score (nSPS) is 18.6. The standard InChI is InChI=1S/C18H20F3N3O/c1-12(2)17-22-8-7-16(23-17)24-9-10-25-15(11-24)13-3-5-14(6-4-13)18(19,20)21/h3-8,12,15H,9-11H2,1-2H3. The first-order chi connectivity index (χ1) is 11.8. The molecule has 25 heavy (non-hydrogen) atoms. The summed E-state index contributed by atoms with van der Waals surface area (Å²) in [7, 11) is 0. The summed E-state index contributed by atoms with van der Waals surface area (Å²) in [5.74, 6) is 1.82. The summed E-state index contributed by atoms with van der Waals surface area (Å²) < 4.78 is 43.8. The predicted molar refractivity (Wildman–Crippen MR) is 88.5 cm³/mol. The molecule has 134 valence electrons. The first-order valence-corrected chi connectivity index (χ1v) is 8.21. The van der Waals surface area contributed by atoms with E-state index in [2.05, 4.69) is 14.9 Å². The highest BCUT2D eigenvalue weighted by Crippen LogP contribution is 2.31. The average Bonchev–Trinajstić information content (AvgIpc) is 2.61. The summed E-state index contributed by atoms with van der Waals surface area (Å²) in [5.41, 5.74) is 0.0807. The molecule has 7 heteroatoms. The average molecular weight is 351 g/mol. The Labute approximate surface area is 144 Å². The van der Waals surface area contributed by atoms with Crippen LogP contribution in [-0.4, -0.2) is 29.7 Å². The summed E-state index contributed by atoms with van der Waals surface area (Å²) in [5, 5.41) is 0. The van der Waals surface area contributed by atoms with Crippen molar-refractivity contribution in [2.75, 3.05) is 24.6 Å². The fourth-order valence-electron chi connectivity index (χ4n) is 2.76. The largest absolute Gasteiger partial charge is 0.416 e. The van der Waals surface area contributed by atoms with Gasteiger partial charge in [-0.2, -0.15) is 13.2 Å². The van der Waals surface area contributed by atoms with Gasteiger partial charge in [0.25, 0.3) is 0 Å². The monoisotopic (exact) mass is 351 g/mol. The molecule has 1 fully saturated rings. The minimum absolute atomic E-state index is 0.228. The highest BCUT2D eigenvalue weighted by atomic mass is 19.4. The smallest absolute Gasteiger partial charge is 0.370 e. The van der Waals surface area contributed by atoms with E-state index >= 15 is 0 Å². The summed E-state index contributed by atoms with van der Waals surface area (Å²) >= 11 is 0. The Morgan fingerprint density at radius 1 is 1.16 bits per heavy atom. The molecule has 1 aliphatic rings. The predicted octanol–water partition coefficient (Wildman–Crippen LogP) is 4.20. The van der Waals surface area contributed by atoms with Crippen LogP contribution in [0.5, 0.6) is 0 Å². The molecule has 0 saturated carbocycles. The molecule has 2 heterocycles. The zero-order chi connectivity index (χ0) is 18.0. The van der Waals surface area contributed by atoms with Crippen molar-refractivity contribution in [1.82, 2.24) is 9.97 Å². The molecular weight excluding hydrogens is 331 g/mol. The third-order valence-electron chi connectivity index (χ3n) is 4.18. The van der Waals surface area contributed by atoms with Crippen LogP contribution in [0, 0.1) is 0 Å². The summed E-state index contributed by atoms with van der Waals surface area (Å²) in [6.45, 7) is 5.78. The SMILES string of the molecule is CC(C)c1nccc(N2CCOC(c3ccc(C(F)(F)F)cc3)C2)n1. The Hall–Kier alpha value is -2.15. The lowest BCUT2D eigenvalue weighted by Crippen LogP contribution is -2.39. The molecule has 0 N–H and O–H groups in total. The third kappa shape index (κ3) is 4.10. The van der Waals surface area contributed by atoms with Crippen LogP contribution >= 0.6 is 0 Å². The van der Waals surface area contributed by atoms with E-state index in [1.807, 2.05) is 19.9 Å². The maximum absolute atomic E-state index is 12.7. The molecule has 0 spiro atoms. The summed E-state index contributed by atoms with van der Waals surface area (Å²) in [6.07, 6.45) is -2.87. The molecule has 0 bridgehead atoms. The Morgan fingerprint density at radius 2 is 1.88 bits per heavy atom. The Kier molecular flexibility index (Phi) is 4.94. The van der Waals surface area contributed by atoms with Crippen molar-refractivity contribution in [2.45, 2.75) is 32.0 Å². The number of rotatable bonds is 3. The highest BCUT2D eigenvalue weighted by molar-refractivity contribution is 5.39. The fraction of sp³-hybridized carbons (Fsp3) is 0.444. The van der Waals surface area contributed by atoms with Crippen LogP contribution in [0.15, 0.2) is 36.5 Å². The van der Waals surface area contributed by atoms with E-state index in [0.717, 1.165) is 29.3 Å². The van der Waals surface area contributed by atoms with E-state index < -0.39 is 11.7 Å². The van der Waals surface area contributed by atoms with Gasteiger partial charge in [0, 0.05) is 25.2 Å². The zero-order valence-corrected chi connectivity index (χ0v) is 14.1. The number of benzene rings is 1. The number of anilines is 1. The van der Waals surface area contributed by atoms with Gasteiger partial charge in [0.15, 0.2) is 0 Å². The van der Waals surface area contributed by atoms with E-state index in [9.17, 15) is 13.2 Å². The number of alkyl halides is 3. The number of hydrogen-bond acceptors (Lipinski definition) is 4. The molecule has 4 nitrogen and oxygen atoms in total. The summed E-state index contributed by atoms with van der Waals surface area (Å²) in [6, 6.07) is 7.01. The quantitative estimate of drug-likeness (QED) is 0.831. The van der Waals surface area contributed by atoms with E-state index in [1.165, 1.54) is 12.1 Å². The molecule has 1 aromatic carbocycles. The van der Waals surface area contributed by atoms with Crippen LogP contribution in [0.4, 0.5) is 19.0 Å². The molecule has 0 radical (unpaired) electrons. The summed E-state index contributed by atoms with van der Waals surface area (Å²) in [4.78, 5) is 10.9. The second kappa shape index (κ2) is 7.00. The zero-order valence-electron chi connectivity index (χ0n) is 14.1. The van der Waals surface area contributed by atoms with Gasteiger partial charge in [-0.1, -0.05) is 26.0 Å². The van der Waals surface area contributed by atoms with Crippen molar-refractivity contribution in [2.24, 2.45) is 0 Å². The number of halogens is 3. The molecule has 3 rings (SSSR count). The lowest BCUT2D eigenvalue weighted by Gasteiger charge is -2.34. The third-order valence-corrected chi connectivity index (χ3v) is 4.18. The van der Waals surface area contributed by atoms with Gasteiger partial charge in [-0.15, -0.1) is 0 Å². The maximum atomic E-state index is 12.7. The van der Waals surface area contributed by atoms with Gasteiger partial charge in [0.05, 0.1) is 12.2 Å². The van der Waals surface area contributed by atoms with Crippen molar-refractivity contribution in [1.29, 1.82) is 0 Å². The van der Waals surface area contributed by atoms with Crippen LogP contribution in [0.2, 0.25) is 0 Å². The van der Waals surface area contributed by atoms with E-state index in [4.69, 9.17) is 4.74 Å². The van der Waals surface area contributed by atoms with Crippen LogP contribution in [-0.2, 0) is 10.9 Å². The molecule has 1 saturated heterocycles. The van der Waals surface area contributed by atoms with Crippen molar-refractivity contribution in [3.8, 4) is 0 Å². The van der Waals surface area contributed by atoms with Crippen LogP contribution in [0.25, 0.3) is 0 Å². The van der Waals surface area contributed by atoms with Crippen molar-refractivity contribution >= 4 is 5.82 Å². The highest BCUT2D eigenvalue weighted by Gasteiger charge is 2.31. The first kappa shape index (κ1) is 17.7. The molecule has 0 amide bonds. The molecular formula is C18H20F3N3O. The van der Waals surface area contributed by atoms with E-state index in [0.29, 0.717) is 19.7 Å². The lowest BCUT2D eigenvalue weighted by atomic mass is 10.1. The second-order valence-electron chi connectivity index (χ2n) is 6.35. The molecule has 1 aliphatic heterocycles. The minimum Gasteiger partial charge on any atom is -0.370 e. The van der Waals surface area contributed by atoms with Gasteiger partial charge in [0.2, 0.25) is 0 Å². The van der Waals surface area contributed by atoms with Gasteiger partial charge in [0.1, 0.15) is 17.7 Å². The van der Waals surface area contributed by atoms with Gasteiger partial charge < -0.3 is 9.64 Å². The molecule has 1 unspecified atom stereocenters. The molecule has 0 aliphatic carbocycles. The molecule has 2 aromatic rings. The Bertz CT molecular complexity index is 716. The van der Waals surface area contributed by atoms with Gasteiger partial charge in [-0.05, 0) is 23.8 Å². The van der Waals surface area contributed by atoms with E-state index in [1.54, 1.807) is 6.20 Å². The van der Waals surface area contributed by atoms with Gasteiger partial charge >= 0.3 is 6.18 Å². The maximum Gasteiger partial charge on any atom is 0.416 e. The number of aromatic nitrogens is 2. The van der Waals surface area contributed by atoms with Crippen LogP contribution in [0.1, 0.15) is 42.8 Å². The number of morpholine rings is 1. The number of ether oxygens (including phenoxy) is 1. The number of hydrogen-bond donors (Lipinski definition) is 0. The Morgan fingerprint density at radius 3 is 2.52 bits per heavy atom. The molecule has 1 atom stereocenters. The van der Waals surface area contributed by atoms with E-state index in [-0.39, 0.29) is 12.0 Å². The van der Waals surface area contributed by atoms with Crippen molar-refractivity contribution in [3.63, 3.8) is 0 Å². The minimum atomic E-state index is -4.33. The lowest BCUT2D eigenvalue weighted by molar-refractivity contribution is -0.137. The first-order valence-electron chi connectivity index (χ1n) is 8.21. The topological polar surface area (TPSA) is 38.2 Å².